The van der Waals surface area contributed by atoms with Crippen LogP contribution in [0.2, 0.25) is 0 Å². The lowest BCUT2D eigenvalue weighted by Gasteiger charge is -2.32. The van der Waals surface area contributed by atoms with Crippen molar-refractivity contribution in [3.05, 3.63) is 77.1 Å². The maximum Gasteiger partial charge on any atom is 0.222 e. The van der Waals surface area contributed by atoms with E-state index in [1.165, 1.54) is 22.3 Å². The van der Waals surface area contributed by atoms with E-state index >= 15 is 0 Å². The number of hydrogen-bond acceptors (Lipinski definition) is 3. The van der Waals surface area contributed by atoms with Crippen LogP contribution in [-0.4, -0.2) is 14.8 Å². The van der Waals surface area contributed by atoms with Crippen molar-refractivity contribution < 1.29 is 0 Å². The largest absolute Gasteiger partial charge is 0.348 e. The Labute approximate surface area is 136 Å². The Kier molecular flexibility index (Phi) is 3.37. The minimum atomic E-state index is 0.208. The quantitative estimate of drug-likeness (QED) is 0.777. The zero-order valence-electron chi connectivity index (χ0n) is 13.4. The number of nitrogens with one attached hydrogen (secondary N) is 1. The molecule has 116 valence electrons. The van der Waals surface area contributed by atoms with Crippen molar-refractivity contribution in [2.75, 3.05) is 5.32 Å². The molecule has 0 amide bonds. The summed E-state index contributed by atoms with van der Waals surface area (Å²) in [6.07, 6.45) is 2.59. The summed E-state index contributed by atoms with van der Waals surface area (Å²) in [4.78, 5) is 4.39. The smallest absolute Gasteiger partial charge is 0.222 e. The number of benzene rings is 2. The number of aromatic nitrogens is 3. The molecule has 3 aromatic rings. The molecule has 4 rings (SSSR count). The normalized spacial score (nSPS) is 19.9. The molecule has 0 spiro atoms. The van der Waals surface area contributed by atoms with Crippen LogP contribution in [0.5, 0.6) is 0 Å². The molecule has 0 unspecified atom stereocenters. The number of hydrogen-bond donors (Lipinski definition) is 1. The highest BCUT2D eigenvalue weighted by molar-refractivity contribution is 5.39. The van der Waals surface area contributed by atoms with E-state index in [4.69, 9.17) is 0 Å². The molecule has 1 aromatic heterocycles. The van der Waals surface area contributed by atoms with Gasteiger partial charge in [-0.1, -0.05) is 59.7 Å². The van der Waals surface area contributed by atoms with Gasteiger partial charge in [0.15, 0.2) is 0 Å². The van der Waals surface area contributed by atoms with Crippen molar-refractivity contribution in [3.63, 3.8) is 0 Å². The zero-order chi connectivity index (χ0) is 15.8. The van der Waals surface area contributed by atoms with Crippen molar-refractivity contribution in [2.24, 2.45) is 0 Å². The van der Waals surface area contributed by atoms with Gasteiger partial charge in [0.1, 0.15) is 6.33 Å². The van der Waals surface area contributed by atoms with Gasteiger partial charge in [0.2, 0.25) is 5.95 Å². The van der Waals surface area contributed by atoms with E-state index in [2.05, 4.69) is 77.8 Å². The molecule has 0 saturated heterocycles. The van der Waals surface area contributed by atoms with Crippen LogP contribution in [0.3, 0.4) is 0 Å². The van der Waals surface area contributed by atoms with Gasteiger partial charge in [-0.05, 0) is 31.4 Å². The first-order chi connectivity index (χ1) is 11.2. The lowest BCUT2D eigenvalue weighted by Crippen LogP contribution is -2.28. The van der Waals surface area contributed by atoms with Crippen LogP contribution in [0.4, 0.5) is 5.95 Å². The fraction of sp³-hybridized carbons (Fsp3) is 0.263. The highest BCUT2D eigenvalue weighted by Gasteiger charge is 2.29. The molecule has 2 heterocycles. The summed E-state index contributed by atoms with van der Waals surface area (Å²) in [6, 6.07) is 17.9. The molecule has 0 radical (unpaired) electrons. The summed E-state index contributed by atoms with van der Waals surface area (Å²) in [5.74, 6) is 0.841. The minimum Gasteiger partial charge on any atom is -0.348 e. The van der Waals surface area contributed by atoms with E-state index in [1.807, 2.05) is 4.68 Å². The second-order valence-corrected chi connectivity index (χ2v) is 6.30. The van der Waals surface area contributed by atoms with Crippen LogP contribution in [0.15, 0.2) is 54.9 Å². The van der Waals surface area contributed by atoms with E-state index < -0.39 is 0 Å². The Morgan fingerprint density at radius 2 is 1.83 bits per heavy atom. The van der Waals surface area contributed by atoms with Crippen molar-refractivity contribution in [3.8, 4) is 0 Å². The number of nitrogens with zero attached hydrogens (tertiary/aromatic N) is 3. The van der Waals surface area contributed by atoms with Crippen LogP contribution in [0, 0.1) is 13.8 Å². The van der Waals surface area contributed by atoms with Crippen LogP contribution >= 0.6 is 0 Å². The molecule has 1 N–H and O–H groups in total. The van der Waals surface area contributed by atoms with Crippen molar-refractivity contribution in [2.45, 2.75) is 32.4 Å². The Hall–Kier alpha value is -2.62. The predicted molar refractivity (Wildman–Crippen MR) is 91.5 cm³/mol. The standard InChI is InChI=1S/C19H20N4/c1-13-6-8-15(9-7-13)17-11-18(16-5-3-4-14(2)10-16)23-19(22-17)20-12-21-23/h3-10,12,17-18H,11H2,1-2H3,(H,20,21,22)/t17-,18-/m1/s1. The third kappa shape index (κ3) is 2.61. The van der Waals surface area contributed by atoms with Crippen LogP contribution in [0.25, 0.3) is 0 Å². The first-order valence-electron chi connectivity index (χ1n) is 8.00. The monoisotopic (exact) mass is 304 g/mol. The summed E-state index contributed by atoms with van der Waals surface area (Å²) in [5.41, 5.74) is 5.13. The second-order valence-electron chi connectivity index (χ2n) is 6.30. The van der Waals surface area contributed by atoms with Gasteiger partial charge < -0.3 is 5.32 Å². The highest BCUT2D eigenvalue weighted by Crippen LogP contribution is 2.37. The number of aryl methyl sites for hydroxylation is 2. The summed E-state index contributed by atoms with van der Waals surface area (Å²) in [5, 5.41) is 7.95. The van der Waals surface area contributed by atoms with Gasteiger partial charge in [-0.25, -0.2) is 4.68 Å². The third-order valence-electron chi connectivity index (χ3n) is 4.54. The highest BCUT2D eigenvalue weighted by atomic mass is 15.4. The van der Waals surface area contributed by atoms with Crippen LogP contribution in [0.1, 0.15) is 40.8 Å². The van der Waals surface area contributed by atoms with Crippen LogP contribution < -0.4 is 5.32 Å². The maximum absolute atomic E-state index is 4.43. The molecule has 0 saturated carbocycles. The Balaban J connectivity index is 1.73. The van der Waals surface area contributed by atoms with Crippen molar-refractivity contribution >= 4 is 5.95 Å². The van der Waals surface area contributed by atoms with E-state index in [0.717, 1.165) is 12.4 Å². The van der Waals surface area contributed by atoms with Crippen LogP contribution in [-0.2, 0) is 0 Å². The van der Waals surface area contributed by atoms with E-state index in [9.17, 15) is 0 Å². The van der Waals surface area contributed by atoms with E-state index in [1.54, 1.807) is 6.33 Å². The summed E-state index contributed by atoms with van der Waals surface area (Å²) in [6.45, 7) is 4.24. The van der Waals surface area contributed by atoms with Gasteiger partial charge in [-0.15, -0.1) is 0 Å². The van der Waals surface area contributed by atoms with E-state index in [0.29, 0.717) is 0 Å². The fourth-order valence-corrected chi connectivity index (χ4v) is 3.29. The fourth-order valence-electron chi connectivity index (χ4n) is 3.29. The topological polar surface area (TPSA) is 42.7 Å². The van der Waals surface area contributed by atoms with Gasteiger partial charge in [-0.3, -0.25) is 0 Å². The minimum absolute atomic E-state index is 0.208. The predicted octanol–water partition coefficient (Wildman–Crippen LogP) is 4.04. The summed E-state index contributed by atoms with van der Waals surface area (Å²) >= 11 is 0. The maximum atomic E-state index is 4.43. The molecule has 23 heavy (non-hydrogen) atoms. The molecule has 0 bridgehead atoms. The Bertz CT molecular complexity index is 819. The van der Waals surface area contributed by atoms with Gasteiger partial charge in [0, 0.05) is 0 Å². The van der Waals surface area contributed by atoms with E-state index in [-0.39, 0.29) is 12.1 Å². The van der Waals surface area contributed by atoms with Crippen molar-refractivity contribution in [1.82, 2.24) is 14.8 Å². The molecular formula is C19H20N4. The Morgan fingerprint density at radius 3 is 2.61 bits per heavy atom. The second kappa shape index (κ2) is 5.54. The molecule has 4 heteroatoms. The van der Waals surface area contributed by atoms with Gasteiger partial charge in [0.05, 0.1) is 12.1 Å². The molecular weight excluding hydrogens is 284 g/mol. The number of rotatable bonds is 2. The lowest BCUT2D eigenvalue weighted by molar-refractivity contribution is 0.430. The lowest BCUT2D eigenvalue weighted by atomic mass is 9.92. The SMILES string of the molecule is Cc1ccc([C@H]2C[C@H](c3cccc(C)c3)n3ncnc3N2)cc1. The molecule has 1 aliphatic heterocycles. The molecule has 0 aliphatic carbocycles. The first-order valence-corrected chi connectivity index (χ1v) is 8.00. The molecule has 0 fully saturated rings. The first kappa shape index (κ1) is 14.0. The molecule has 1 aliphatic rings. The summed E-state index contributed by atoms with van der Waals surface area (Å²) < 4.78 is 2.00. The zero-order valence-corrected chi connectivity index (χ0v) is 13.4. The average molecular weight is 304 g/mol. The average Bonchev–Trinajstić information content (AvgIpc) is 3.03. The summed E-state index contributed by atoms with van der Waals surface area (Å²) in [7, 11) is 0. The molecule has 2 atom stereocenters. The van der Waals surface area contributed by atoms with Crippen molar-refractivity contribution in [1.29, 1.82) is 0 Å². The van der Waals surface area contributed by atoms with Gasteiger partial charge >= 0.3 is 0 Å². The molecule has 4 nitrogen and oxygen atoms in total. The van der Waals surface area contributed by atoms with Gasteiger partial charge in [-0.2, -0.15) is 10.1 Å². The Morgan fingerprint density at radius 1 is 1.00 bits per heavy atom. The molecule has 2 aromatic carbocycles. The third-order valence-corrected chi connectivity index (χ3v) is 4.54. The van der Waals surface area contributed by atoms with Gasteiger partial charge in [0.25, 0.3) is 0 Å². The number of anilines is 1. The number of fused-ring (bicyclic) bond motifs is 1.